The number of hydrogen-bond donors (Lipinski definition) is 1. The zero-order valence-corrected chi connectivity index (χ0v) is 10.9. The summed E-state index contributed by atoms with van der Waals surface area (Å²) in [6.45, 7) is 2.74. The highest BCUT2D eigenvalue weighted by molar-refractivity contribution is 6.31. The van der Waals surface area contributed by atoms with Crippen LogP contribution in [-0.4, -0.2) is 26.8 Å². The van der Waals surface area contributed by atoms with E-state index in [9.17, 15) is 0 Å². The molecular weight excluding hydrogens is 236 g/mol. The Morgan fingerprint density at radius 2 is 2.35 bits per heavy atom. The second-order valence-corrected chi connectivity index (χ2v) is 5.10. The van der Waals surface area contributed by atoms with E-state index in [1.54, 1.807) is 6.07 Å². The molecule has 1 saturated heterocycles. The Bertz CT molecular complexity index is 378. The topological polar surface area (TPSA) is 38.5 Å². The second kappa shape index (κ2) is 5.61. The van der Waals surface area contributed by atoms with Gasteiger partial charge in [-0.25, -0.2) is 0 Å². The first-order chi connectivity index (χ1) is 8.16. The average molecular weight is 255 g/mol. The number of nitrogen functional groups attached to an aromatic ring is 1. The zero-order valence-electron chi connectivity index (χ0n) is 10.2. The summed E-state index contributed by atoms with van der Waals surface area (Å²) >= 11 is 5.89. The average Bonchev–Trinajstić information content (AvgIpc) is 2.30. The number of nitrogens with zero attached hydrogens (tertiary/aromatic N) is 1. The lowest BCUT2D eigenvalue weighted by molar-refractivity contribution is 0.0576. The Morgan fingerprint density at radius 3 is 3.00 bits per heavy atom. The maximum atomic E-state index is 5.97. The normalized spacial score (nSPS) is 20.2. The van der Waals surface area contributed by atoms with Gasteiger partial charge in [0.05, 0.1) is 18.0 Å². The van der Waals surface area contributed by atoms with Crippen LogP contribution >= 0.6 is 11.6 Å². The summed E-state index contributed by atoms with van der Waals surface area (Å²) in [6.07, 6.45) is 2.40. The first kappa shape index (κ1) is 12.5. The molecule has 4 heteroatoms. The van der Waals surface area contributed by atoms with Gasteiger partial charge >= 0.3 is 0 Å². The van der Waals surface area contributed by atoms with Gasteiger partial charge in [0.15, 0.2) is 0 Å². The smallest absolute Gasteiger partial charge is 0.0598 e. The van der Waals surface area contributed by atoms with Crippen LogP contribution in [0.2, 0.25) is 5.02 Å². The van der Waals surface area contributed by atoms with Crippen LogP contribution in [0, 0.1) is 5.92 Å². The molecule has 0 amide bonds. The molecule has 1 aromatic rings. The van der Waals surface area contributed by atoms with E-state index in [1.165, 1.54) is 6.42 Å². The number of ether oxygens (including phenoxy) is 1. The molecule has 0 radical (unpaired) electrons. The van der Waals surface area contributed by atoms with E-state index in [0.717, 1.165) is 37.6 Å². The van der Waals surface area contributed by atoms with Crippen molar-refractivity contribution in [3.05, 3.63) is 23.2 Å². The summed E-state index contributed by atoms with van der Waals surface area (Å²) in [7, 11) is 2.06. The van der Waals surface area contributed by atoms with Crippen LogP contribution in [0.3, 0.4) is 0 Å². The van der Waals surface area contributed by atoms with E-state index in [-0.39, 0.29) is 0 Å². The monoisotopic (exact) mass is 254 g/mol. The fraction of sp³-hybridized carbons (Fsp3) is 0.538. The summed E-state index contributed by atoms with van der Waals surface area (Å²) in [5, 5.41) is 0.681. The molecule has 2 rings (SSSR count). The van der Waals surface area contributed by atoms with Crippen molar-refractivity contribution in [1.29, 1.82) is 0 Å². The van der Waals surface area contributed by atoms with Crippen molar-refractivity contribution >= 4 is 23.0 Å². The molecule has 1 atom stereocenters. The number of halogens is 1. The third kappa shape index (κ3) is 3.27. The van der Waals surface area contributed by atoms with Gasteiger partial charge in [-0.05, 0) is 37.0 Å². The first-order valence-electron chi connectivity index (χ1n) is 6.00. The maximum absolute atomic E-state index is 5.97. The van der Waals surface area contributed by atoms with Gasteiger partial charge in [0.2, 0.25) is 0 Å². The largest absolute Gasteiger partial charge is 0.397 e. The van der Waals surface area contributed by atoms with Crippen LogP contribution in [-0.2, 0) is 4.74 Å². The highest BCUT2D eigenvalue weighted by Gasteiger charge is 2.17. The van der Waals surface area contributed by atoms with Crippen LogP contribution in [0.1, 0.15) is 12.8 Å². The number of hydrogen-bond acceptors (Lipinski definition) is 3. The lowest BCUT2D eigenvalue weighted by atomic mass is 10.0. The molecule has 1 heterocycles. The highest BCUT2D eigenvalue weighted by atomic mass is 35.5. The van der Waals surface area contributed by atoms with E-state index in [4.69, 9.17) is 22.1 Å². The number of nitrogens with two attached hydrogens (primary N) is 1. The standard InChI is InChI=1S/C13H19ClN2O/c1-16(8-10-3-2-6-17-9-10)13-5-4-11(14)7-12(13)15/h4-5,7,10H,2-3,6,8-9,15H2,1H3. The molecule has 0 spiro atoms. The van der Waals surface area contributed by atoms with E-state index >= 15 is 0 Å². The van der Waals surface area contributed by atoms with Crippen molar-refractivity contribution in [3.8, 4) is 0 Å². The van der Waals surface area contributed by atoms with Crippen molar-refractivity contribution in [2.24, 2.45) is 5.92 Å². The van der Waals surface area contributed by atoms with Gasteiger partial charge in [0.25, 0.3) is 0 Å². The van der Waals surface area contributed by atoms with Gasteiger partial charge in [0.1, 0.15) is 0 Å². The summed E-state index contributed by atoms with van der Waals surface area (Å²) in [6, 6.07) is 5.65. The maximum Gasteiger partial charge on any atom is 0.0598 e. The Labute approximate surface area is 107 Å². The van der Waals surface area contributed by atoms with Crippen molar-refractivity contribution in [2.45, 2.75) is 12.8 Å². The molecule has 2 N–H and O–H groups in total. The number of rotatable bonds is 3. The van der Waals surface area contributed by atoms with Crippen LogP contribution < -0.4 is 10.6 Å². The van der Waals surface area contributed by atoms with E-state index in [0.29, 0.717) is 10.9 Å². The zero-order chi connectivity index (χ0) is 12.3. The predicted molar refractivity (Wildman–Crippen MR) is 72.7 cm³/mol. The molecule has 1 fully saturated rings. The Balaban J connectivity index is 2.00. The lowest BCUT2D eigenvalue weighted by Gasteiger charge is -2.29. The summed E-state index contributed by atoms with van der Waals surface area (Å²) in [5.74, 6) is 0.601. The van der Waals surface area contributed by atoms with E-state index in [1.807, 2.05) is 12.1 Å². The van der Waals surface area contributed by atoms with E-state index in [2.05, 4.69) is 11.9 Å². The minimum atomic E-state index is 0.601. The fourth-order valence-electron chi connectivity index (χ4n) is 2.31. The van der Waals surface area contributed by atoms with Gasteiger partial charge in [-0.2, -0.15) is 0 Å². The van der Waals surface area contributed by atoms with Gasteiger partial charge in [-0.15, -0.1) is 0 Å². The molecule has 1 unspecified atom stereocenters. The molecule has 1 aromatic carbocycles. The molecule has 0 bridgehead atoms. The van der Waals surface area contributed by atoms with Gasteiger partial charge in [-0.3, -0.25) is 0 Å². The highest BCUT2D eigenvalue weighted by Crippen LogP contribution is 2.27. The third-order valence-electron chi connectivity index (χ3n) is 3.19. The SMILES string of the molecule is CN(CC1CCCOC1)c1ccc(Cl)cc1N. The van der Waals surface area contributed by atoms with Gasteiger partial charge < -0.3 is 15.4 Å². The quantitative estimate of drug-likeness (QED) is 0.843. The van der Waals surface area contributed by atoms with Crippen LogP contribution in [0.25, 0.3) is 0 Å². The Kier molecular flexibility index (Phi) is 4.13. The summed E-state index contributed by atoms with van der Waals surface area (Å²) in [5.41, 5.74) is 7.74. The minimum absolute atomic E-state index is 0.601. The van der Waals surface area contributed by atoms with Crippen LogP contribution in [0.5, 0.6) is 0 Å². The first-order valence-corrected chi connectivity index (χ1v) is 6.38. The van der Waals surface area contributed by atoms with Crippen LogP contribution in [0.4, 0.5) is 11.4 Å². The summed E-state index contributed by atoms with van der Waals surface area (Å²) < 4.78 is 5.49. The van der Waals surface area contributed by atoms with Gasteiger partial charge in [0, 0.05) is 25.2 Å². The van der Waals surface area contributed by atoms with Crippen molar-refractivity contribution in [1.82, 2.24) is 0 Å². The van der Waals surface area contributed by atoms with Gasteiger partial charge in [-0.1, -0.05) is 11.6 Å². The third-order valence-corrected chi connectivity index (χ3v) is 3.42. The van der Waals surface area contributed by atoms with Crippen molar-refractivity contribution < 1.29 is 4.74 Å². The second-order valence-electron chi connectivity index (χ2n) is 4.67. The summed E-state index contributed by atoms with van der Waals surface area (Å²) in [4.78, 5) is 2.19. The molecule has 1 aliphatic rings. The minimum Gasteiger partial charge on any atom is -0.397 e. The molecule has 0 saturated carbocycles. The van der Waals surface area contributed by atoms with E-state index < -0.39 is 0 Å². The molecule has 0 aromatic heterocycles. The van der Waals surface area contributed by atoms with Crippen molar-refractivity contribution in [3.63, 3.8) is 0 Å². The molecule has 1 aliphatic heterocycles. The molecule has 3 nitrogen and oxygen atoms in total. The molecule has 94 valence electrons. The van der Waals surface area contributed by atoms with Crippen LogP contribution in [0.15, 0.2) is 18.2 Å². The number of benzene rings is 1. The Morgan fingerprint density at radius 1 is 1.53 bits per heavy atom. The number of anilines is 2. The predicted octanol–water partition coefficient (Wildman–Crippen LogP) is 2.79. The molecular formula is C13H19ClN2O. The fourth-order valence-corrected chi connectivity index (χ4v) is 2.49. The van der Waals surface area contributed by atoms with Crippen molar-refractivity contribution in [2.75, 3.05) is 37.4 Å². The Hall–Kier alpha value is -0.930. The molecule has 0 aliphatic carbocycles. The lowest BCUT2D eigenvalue weighted by Crippen LogP contribution is -2.31. The molecule has 17 heavy (non-hydrogen) atoms.